The van der Waals surface area contributed by atoms with Crippen LogP contribution in [0.15, 0.2) is 24.3 Å². The van der Waals surface area contributed by atoms with Crippen LogP contribution in [0.5, 0.6) is 0 Å². The molecule has 1 rings (SSSR count). The lowest BCUT2D eigenvalue weighted by Gasteiger charge is -2.04. The Balaban J connectivity index is 2.98. The molecule has 0 atom stereocenters. The molecular formula is C11H13NO2S. The lowest BCUT2D eigenvalue weighted by Crippen LogP contribution is -2.05. The number of carbonyl (C=O) groups excluding carboxylic acids is 1. The maximum Gasteiger partial charge on any atom is 0.339 e. The standard InChI is InChI=1S/C11H13NO2S/c1-14-11(13)9-5-4-8(3-2-6-15)7-10(9)12/h2-5,7,15H,6,12H2,1H3. The van der Waals surface area contributed by atoms with E-state index < -0.39 is 5.97 Å². The quantitative estimate of drug-likeness (QED) is 0.468. The average Bonchev–Trinajstić information content (AvgIpc) is 2.25. The highest BCUT2D eigenvalue weighted by molar-refractivity contribution is 7.80. The zero-order valence-corrected chi connectivity index (χ0v) is 9.33. The van der Waals surface area contributed by atoms with E-state index in [0.29, 0.717) is 17.0 Å². The van der Waals surface area contributed by atoms with Crippen LogP contribution in [0.2, 0.25) is 0 Å². The van der Waals surface area contributed by atoms with Gasteiger partial charge in [-0.25, -0.2) is 4.79 Å². The zero-order valence-electron chi connectivity index (χ0n) is 8.43. The molecule has 4 heteroatoms. The summed E-state index contributed by atoms with van der Waals surface area (Å²) in [4.78, 5) is 11.2. The molecule has 0 aliphatic heterocycles. The van der Waals surface area contributed by atoms with Crippen molar-refractivity contribution in [3.63, 3.8) is 0 Å². The molecule has 3 nitrogen and oxygen atoms in total. The molecule has 0 radical (unpaired) electrons. The molecule has 0 aliphatic carbocycles. The molecule has 0 spiro atoms. The average molecular weight is 223 g/mol. The fraction of sp³-hybridized carbons (Fsp3) is 0.182. The molecule has 0 aliphatic rings. The van der Waals surface area contributed by atoms with Crippen molar-refractivity contribution >= 4 is 30.4 Å². The monoisotopic (exact) mass is 223 g/mol. The van der Waals surface area contributed by atoms with E-state index in [2.05, 4.69) is 17.4 Å². The Hall–Kier alpha value is -1.42. The van der Waals surface area contributed by atoms with Gasteiger partial charge in [-0.1, -0.05) is 18.2 Å². The van der Waals surface area contributed by atoms with E-state index >= 15 is 0 Å². The van der Waals surface area contributed by atoms with E-state index in [9.17, 15) is 4.79 Å². The lowest BCUT2D eigenvalue weighted by molar-refractivity contribution is 0.0602. The molecule has 1 aromatic rings. The number of nitrogens with two attached hydrogens (primary N) is 1. The Morgan fingerprint density at radius 1 is 1.60 bits per heavy atom. The molecular weight excluding hydrogens is 210 g/mol. The van der Waals surface area contributed by atoms with Crippen LogP contribution >= 0.6 is 12.6 Å². The van der Waals surface area contributed by atoms with E-state index in [-0.39, 0.29) is 0 Å². The summed E-state index contributed by atoms with van der Waals surface area (Å²) in [6, 6.07) is 5.19. The highest BCUT2D eigenvalue weighted by atomic mass is 32.1. The smallest absolute Gasteiger partial charge is 0.339 e. The molecule has 1 aromatic carbocycles. The second-order valence-electron chi connectivity index (χ2n) is 2.92. The number of hydrogen-bond acceptors (Lipinski definition) is 4. The number of methoxy groups -OCH3 is 1. The predicted molar refractivity (Wildman–Crippen MR) is 65.1 cm³/mol. The van der Waals surface area contributed by atoms with Crippen molar-refractivity contribution in [1.29, 1.82) is 0 Å². The van der Waals surface area contributed by atoms with Crippen LogP contribution in [0.25, 0.3) is 6.08 Å². The number of ether oxygens (including phenoxy) is 1. The molecule has 0 aromatic heterocycles. The molecule has 0 unspecified atom stereocenters. The minimum absolute atomic E-state index is 0.389. The highest BCUT2D eigenvalue weighted by Crippen LogP contribution is 2.16. The Kier molecular flexibility index (Phi) is 4.24. The highest BCUT2D eigenvalue weighted by Gasteiger charge is 2.08. The first-order chi connectivity index (χ1) is 7.19. The van der Waals surface area contributed by atoms with E-state index in [4.69, 9.17) is 5.73 Å². The zero-order chi connectivity index (χ0) is 11.3. The summed E-state index contributed by atoms with van der Waals surface area (Å²) in [6.45, 7) is 0. The van der Waals surface area contributed by atoms with Gasteiger partial charge in [-0.15, -0.1) is 0 Å². The van der Waals surface area contributed by atoms with E-state index in [1.54, 1.807) is 12.1 Å². The molecule has 0 saturated carbocycles. The SMILES string of the molecule is COC(=O)c1ccc(C=CCS)cc1N. The molecule has 2 N–H and O–H groups in total. The van der Waals surface area contributed by atoms with Crippen LogP contribution in [0.4, 0.5) is 5.69 Å². The van der Waals surface area contributed by atoms with Crippen LogP contribution in [0.1, 0.15) is 15.9 Å². The van der Waals surface area contributed by atoms with Crippen molar-refractivity contribution < 1.29 is 9.53 Å². The first kappa shape index (κ1) is 11.7. The first-order valence-electron chi connectivity index (χ1n) is 4.44. The third-order valence-corrected chi connectivity index (χ3v) is 2.11. The third-order valence-electron chi connectivity index (χ3n) is 1.90. The van der Waals surface area contributed by atoms with Crippen molar-refractivity contribution in [1.82, 2.24) is 0 Å². The Bertz CT molecular complexity index is 388. The van der Waals surface area contributed by atoms with Gasteiger partial charge in [0.05, 0.1) is 12.7 Å². The van der Waals surface area contributed by atoms with Crippen molar-refractivity contribution in [2.75, 3.05) is 18.6 Å². The summed E-state index contributed by atoms with van der Waals surface area (Å²) in [7, 11) is 1.33. The first-order valence-corrected chi connectivity index (χ1v) is 5.07. The van der Waals surface area contributed by atoms with Crippen molar-refractivity contribution in [2.45, 2.75) is 0 Å². The van der Waals surface area contributed by atoms with Gasteiger partial charge >= 0.3 is 5.97 Å². The number of esters is 1. The fourth-order valence-corrected chi connectivity index (χ4v) is 1.27. The number of thiol groups is 1. The fourth-order valence-electron chi connectivity index (χ4n) is 1.17. The van der Waals surface area contributed by atoms with Crippen LogP contribution in [-0.4, -0.2) is 18.8 Å². The molecule has 80 valence electrons. The van der Waals surface area contributed by atoms with Gasteiger partial charge in [0.25, 0.3) is 0 Å². The van der Waals surface area contributed by atoms with Crippen molar-refractivity contribution in [2.24, 2.45) is 0 Å². The van der Waals surface area contributed by atoms with E-state index in [0.717, 1.165) is 5.56 Å². The molecule has 0 bridgehead atoms. The predicted octanol–water partition coefficient (Wildman–Crippen LogP) is 2.00. The van der Waals surface area contributed by atoms with Gasteiger partial charge in [0, 0.05) is 11.4 Å². The molecule has 0 amide bonds. The van der Waals surface area contributed by atoms with Crippen molar-refractivity contribution in [3.8, 4) is 0 Å². The number of anilines is 1. The van der Waals surface area contributed by atoms with Crippen LogP contribution in [-0.2, 0) is 4.74 Å². The largest absolute Gasteiger partial charge is 0.465 e. The Morgan fingerprint density at radius 2 is 2.33 bits per heavy atom. The third kappa shape index (κ3) is 3.02. The summed E-state index contributed by atoms with van der Waals surface area (Å²) in [5.74, 6) is 0.246. The summed E-state index contributed by atoms with van der Waals surface area (Å²) in [5, 5.41) is 0. The lowest BCUT2D eigenvalue weighted by atomic mass is 10.1. The summed E-state index contributed by atoms with van der Waals surface area (Å²) in [5.41, 5.74) is 7.46. The molecule has 15 heavy (non-hydrogen) atoms. The van der Waals surface area contributed by atoms with Gasteiger partial charge < -0.3 is 10.5 Å². The summed E-state index contributed by atoms with van der Waals surface area (Å²) in [6.07, 6.45) is 3.79. The maximum absolute atomic E-state index is 11.2. The Morgan fingerprint density at radius 3 is 2.87 bits per heavy atom. The summed E-state index contributed by atoms with van der Waals surface area (Å²) >= 11 is 4.05. The topological polar surface area (TPSA) is 52.3 Å². The number of nitrogen functional groups attached to an aromatic ring is 1. The van der Waals surface area contributed by atoms with E-state index in [1.165, 1.54) is 7.11 Å². The second kappa shape index (κ2) is 5.46. The van der Waals surface area contributed by atoms with Crippen LogP contribution < -0.4 is 5.73 Å². The molecule has 0 fully saturated rings. The van der Waals surface area contributed by atoms with Gasteiger partial charge in [-0.3, -0.25) is 0 Å². The van der Waals surface area contributed by atoms with Gasteiger partial charge in [0.15, 0.2) is 0 Å². The molecule has 0 heterocycles. The maximum atomic E-state index is 11.2. The van der Waals surface area contributed by atoms with Crippen LogP contribution in [0, 0.1) is 0 Å². The minimum atomic E-state index is -0.419. The Labute approximate surface area is 94.3 Å². The number of benzene rings is 1. The van der Waals surface area contributed by atoms with Gasteiger partial charge in [-0.2, -0.15) is 12.6 Å². The number of hydrogen-bond donors (Lipinski definition) is 2. The van der Waals surface area contributed by atoms with Gasteiger partial charge in [-0.05, 0) is 17.7 Å². The number of rotatable bonds is 3. The number of carbonyl (C=O) groups is 1. The second-order valence-corrected chi connectivity index (χ2v) is 3.29. The van der Waals surface area contributed by atoms with Gasteiger partial charge in [0.2, 0.25) is 0 Å². The normalized spacial score (nSPS) is 10.5. The van der Waals surface area contributed by atoms with Crippen LogP contribution in [0.3, 0.4) is 0 Å². The van der Waals surface area contributed by atoms with E-state index in [1.807, 2.05) is 18.2 Å². The van der Waals surface area contributed by atoms with Crippen molar-refractivity contribution in [3.05, 3.63) is 35.4 Å². The molecule has 0 saturated heterocycles. The van der Waals surface area contributed by atoms with Gasteiger partial charge in [0.1, 0.15) is 0 Å². The minimum Gasteiger partial charge on any atom is -0.465 e. The summed E-state index contributed by atoms with van der Waals surface area (Å²) < 4.78 is 4.59.